The third-order valence-corrected chi connectivity index (χ3v) is 6.15. The lowest BCUT2D eigenvalue weighted by Crippen LogP contribution is -2.29. The molecule has 1 aliphatic rings. The Kier molecular flexibility index (Phi) is 5.24. The van der Waals surface area contributed by atoms with E-state index < -0.39 is 0 Å². The summed E-state index contributed by atoms with van der Waals surface area (Å²) >= 11 is 0. The molecule has 5 rings (SSSR count). The summed E-state index contributed by atoms with van der Waals surface area (Å²) in [7, 11) is 0. The van der Waals surface area contributed by atoms with E-state index >= 15 is 0 Å². The fourth-order valence-electron chi connectivity index (χ4n) is 4.29. The summed E-state index contributed by atoms with van der Waals surface area (Å²) in [6, 6.07) is 14.3. The van der Waals surface area contributed by atoms with Crippen LogP contribution >= 0.6 is 0 Å². The zero-order valence-electron chi connectivity index (χ0n) is 18.5. The van der Waals surface area contributed by atoms with Gasteiger partial charge in [-0.3, -0.25) is 14.6 Å². The summed E-state index contributed by atoms with van der Waals surface area (Å²) < 4.78 is 6.01. The number of hydrogen-bond acceptors (Lipinski definition) is 6. The zero-order valence-corrected chi connectivity index (χ0v) is 18.5. The molecule has 4 aromatic rings. The second-order valence-electron chi connectivity index (χ2n) is 9.19. The van der Waals surface area contributed by atoms with Gasteiger partial charge in [0.05, 0.1) is 17.0 Å². The fraction of sp³-hybridized carbons (Fsp3) is 0.269. The molecule has 1 aliphatic carbocycles. The zero-order chi connectivity index (χ0) is 23.0. The summed E-state index contributed by atoms with van der Waals surface area (Å²) in [6.45, 7) is 4.34. The average molecular weight is 441 g/mol. The van der Waals surface area contributed by atoms with E-state index in [1.807, 2.05) is 24.3 Å². The molecule has 0 saturated heterocycles. The van der Waals surface area contributed by atoms with Gasteiger partial charge in [-0.15, -0.1) is 0 Å². The van der Waals surface area contributed by atoms with Crippen molar-refractivity contribution in [1.82, 2.24) is 19.9 Å². The Bertz CT molecular complexity index is 1310. The second-order valence-corrected chi connectivity index (χ2v) is 9.19. The number of para-hydroxylation sites is 2. The molecule has 1 fully saturated rings. The number of aromatic amines is 1. The number of carbonyl (C=O) groups excluding carboxylic acids is 2. The SMILES string of the molecule is CC1(C)CCC(=O)C(c2nccnc2Oc2ccc(C(=O)c3nc4ccccc4[nH]3)cc2)C1. The summed E-state index contributed by atoms with van der Waals surface area (Å²) in [5.74, 6) is 0.774. The van der Waals surface area contributed by atoms with Crippen molar-refractivity contribution in [3.8, 4) is 11.6 Å². The first-order valence-corrected chi connectivity index (χ1v) is 11.0. The van der Waals surface area contributed by atoms with E-state index in [4.69, 9.17) is 4.74 Å². The minimum atomic E-state index is -0.327. The number of H-pyrrole nitrogens is 1. The Morgan fingerprint density at radius 1 is 1.06 bits per heavy atom. The van der Waals surface area contributed by atoms with Crippen LogP contribution in [0.25, 0.3) is 11.0 Å². The number of benzene rings is 2. The van der Waals surface area contributed by atoms with Crippen molar-refractivity contribution in [2.24, 2.45) is 5.41 Å². The lowest BCUT2D eigenvalue weighted by Gasteiger charge is -2.34. The monoisotopic (exact) mass is 440 g/mol. The molecule has 0 radical (unpaired) electrons. The van der Waals surface area contributed by atoms with Gasteiger partial charge in [-0.05, 0) is 54.7 Å². The molecule has 1 atom stereocenters. The maximum Gasteiger partial charge on any atom is 0.241 e. The molecule has 0 aliphatic heterocycles. The van der Waals surface area contributed by atoms with Crippen molar-refractivity contribution in [3.63, 3.8) is 0 Å². The highest BCUT2D eigenvalue weighted by atomic mass is 16.5. The molecule has 1 N–H and O–H groups in total. The number of imidazole rings is 1. The number of hydrogen-bond donors (Lipinski definition) is 1. The molecule has 0 amide bonds. The molecular formula is C26H24N4O3. The number of fused-ring (bicyclic) bond motifs is 1. The maximum atomic E-state index is 12.8. The molecule has 0 spiro atoms. The molecule has 7 heteroatoms. The van der Waals surface area contributed by atoms with Crippen LogP contribution in [0.3, 0.4) is 0 Å². The first-order valence-electron chi connectivity index (χ1n) is 11.0. The van der Waals surface area contributed by atoms with Gasteiger partial charge in [0.2, 0.25) is 11.7 Å². The number of ketones is 2. The molecule has 2 aromatic heterocycles. The van der Waals surface area contributed by atoms with Crippen LogP contribution in [-0.2, 0) is 4.79 Å². The highest BCUT2D eigenvalue weighted by Gasteiger charge is 2.37. The Morgan fingerprint density at radius 3 is 2.61 bits per heavy atom. The number of nitrogens with one attached hydrogen (secondary N) is 1. The summed E-state index contributed by atoms with van der Waals surface area (Å²) in [5.41, 5.74) is 2.68. The van der Waals surface area contributed by atoms with E-state index in [-0.39, 0.29) is 22.9 Å². The van der Waals surface area contributed by atoms with Crippen molar-refractivity contribution >= 4 is 22.6 Å². The molecular weight excluding hydrogens is 416 g/mol. The number of carbonyl (C=O) groups is 2. The van der Waals surface area contributed by atoms with Gasteiger partial charge in [-0.25, -0.2) is 9.97 Å². The first kappa shape index (κ1) is 21.0. The van der Waals surface area contributed by atoms with Gasteiger partial charge in [-0.2, -0.15) is 0 Å². The lowest BCUT2D eigenvalue weighted by atomic mass is 9.70. The standard InChI is InChI=1S/C26H24N4O3/c1-26(2)12-11-21(31)18(15-26)22-25(28-14-13-27-22)33-17-9-7-16(8-10-17)23(32)24-29-19-5-3-4-6-20(19)30-24/h3-10,13-14,18H,11-12,15H2,1-2H3,(H,29,30). The van der Waals surface area contributed by atoms with Gasteiger partial charge in [0, 0.05) is 24.4 Å². The number of rotatable bonds is 5. The molecule has 1 saturated carbocycles. The van der Waals surface area contributed by atoms with Crippen molar-refractivity contribution in [1.29, 1.82) is 0 Å². The highest BCUT2D eigenvalue weighted by molar-refractivity contribution is 6.08. The first-order chi connectivity index (χ1) is 15.9. The van der Waals surface area contributed by atoms with Crippen LogP contribution in [0.2, 0.25) is 0 Å². The Balaban J connectivity index is 1.37. The highest BCUT2D eigenvalue weighted by Crippen LogP contribution is 2.43. The largest absolute Gasteiger partial charge is 0.437 e. The molecule has 7 nitrogen and oxygen atoms in total. The van der Waals surface area contributed by atoms with E-state index in [9.17, 15) is 9.59 Å². The molecule has 2 aromatic carbocycles. The Morgan fingerprint density at radius 2 is 1.82 bits per heavy atom. The van der Waals surface area contributed by atoms with Crippen LogP contribution in [-0.4, -0.2) is 31.5 Å². The molecule has 33 heavy (non-hydrogen) atoms. The number of ether oxygens (including phenoxy) is 1. The smallest absolute Gasteiger partial charge is 0.241 e. The van der Waals surface area contributed by atoms with Crippen molar-refractivity contribution in [3.05, 3.63) is 78.0 Å². The summed E-state index contributed by atoms with van der Waals surface area (Å²) in [6.07, 6.45) is 5.26. The van der Waals surface area contributed by atoms with E-state index in [0.29, 0.717) is 41.6 Å². The third-order valence-electron chi connectivity index (χ3n) is 6.15. The number of aromatic nitrogens is 4. The molecule has 2 heterocycles. The topological polar surface area (TPSA) is 97.8 Å². The van der Waals surface area contributed by atoms with Gasteiger partial charge in [0.25, 0.3) is 0 Å². The third kappa shape index (κ3) is 4.26. The maximum absolute atomic E-state index is 12.8. The van der Waals surface area contributed by atoms with Gasteiger partial charge >= 0.3 is 0 Å². The van der Waals surface area contributed by atoms with E-state index in [0.717, 1.165) is 17.5 Å². The number of nitrogens with zero attached hydrogens (tertiary/aromatic N) is 3. The van der Waals surface area contributed by atoms with Crippen LogP contribution in [0.4, 0.5) is 0 Å². The van der Waals surface area contributed by atoms with Crippen molar-refractivity contribution in [2.75, 3.05) is 0 Å². The van der Waals surface area contributed by atoms with E-state index in [2.05, 4.69) is 33.8 Å². The Hall–Kier alpha value is -3.87. The van der Waals surface area contributed by atoms with Gasteiger partial charge < -0.3 is 9.72 Å². The fourth-order valence-corrected chi connectivity index (χ4v) is 4.29. The predicted molar refractivity (Wildman–Crippen MR) is 123 cm³/mol. The summed E-state index contributed by atoms with van der Waals surface area (Å²) in [4.78, 5) is 41.7. The minimum Gasteiger partial charge on any atom is -0.437 e. The van der Waals surface area contributed by atoms with E-state index in [1.54, 1.807) is 36.7 Å². The second kappa shape index (κ2) is 8.24. The van der Waals surface area contributed by atoms with Gasteiger partial charge in [0.1, 0.15) is 17.2 Å². The van der Waals surface area contributed by atoms with Crippen LogP contribution in [0.15, 0.2) is 60.9 Å². The minimum absolute atomic E-state index is 0.0615. The van der Waals surface area contributed by atoms with Crippen molar-refractivity contribution in [2.45, 2.75) is 39.0 Å². The Labute approximate surface area is 191 Å². The normalized spacial score (nSPS) is 17.8. The quantitative estimate of drug-likeness (QED) is 0.426. The predicted octanol–water partition coefficient (Wildman–Crippen LogP) is 5.24. The van der Waals surface area contributed by atoms with Crippen LogP contribution in [0.1, 0.15) is 60.9 Å². The van der Waals surface area contributed by atoms with Crippen LogP contribution in [0.5, 0.6) is 11.6 Å². The average Bonchev–Trinajstić information content (AvgIpc) is 3.26. The molecule has 1 unspecified atom stereocenters. The summed E-state index contributed by atoms with van der Waals surface area (Å²) in [5, 5.41) is 0. The van der Waals surface area contributed by atoms with Gasteiger partial charge in [0.15, 0.2) is 5.82 Å². The lowest BCUT2D eigenvalue weighted by molar-refractivity contribution is -0.124. The molecule has 0 bridgehead atoms. The number of Topliss-reactive ketones (excluding diaryl/α,β-unsaturated/α-hetero) is 1. The van der Waals surface area contributed by atoms with Crippen molar-refractivity contribution < 1.29 is 14.3 Å². The molecule has 166 valence electrons. The van der Waals surface area contributed by atoms with Crippen LogP contribution in [0, 0.1) is 5.41 Å². The van der Waals surface area contributed by atoms with Crippen LogP contribution < -0.4 is 4.74 Å². The van der Waals surface area contributed by atoms with Gasteiger partial charge in [-0.1, -0.05) is 26.0 Å². The van der Waals surface area contributed by atoms with E-state index in [1.165, 1.54) is 0 Å².